The Bertz CT molecular complexity index is 664. The summed E-state index contributed by atoms with van der Waals surface area (Å²) in [6, 6.07) is 10.6. The molecule has 0 spiro atoms. The zero-order valence-electron chi connectivity index (χ0n) is 12.9. The van der Waals surface area contributed by atoms with Gasteiger partial charge in [-0.2, -0.15) is 0 Å². The smallest absolute Gasteiger partial charge is 0.307 e. The molecule has 1 aliphatic heterocycles. The van der Waals surface area contributed by atoms with Gasteiger partial charge in [0.2, 0.25) is 0 Å². The van der Waals surface area contributed by atoms with E-state index < -0.39 is 0 Å². The number of thiazole rings is 1. The topological polar surface area (TPSA) is 51.3 Å². The number of aryl methyl sites for hydroxylation is 1. The molecule has 2 heterocycles. The lowest BCUT2D eigenvalue weighted by atomic mass is 9.89. The molecule has 2 aromatic rings. The zero-order chi connectivity index (χ0) is 15.5. The monoisotopic (exact) mass is 317 g/mol. The van der Waals surface area contributed by atoms with Crippen molar-refractivity contribution in [3.63, 3.8) is 0 Å². The average molecular weight is 317 g/mol. The SMILES string of the molecule is Cc1csc(=O)n1CCN1C[C@@H](CN)[C@H](c2ccccc2)C1. The van der Waals surface area contributed by atoms with Crippen LogP contribution >= 0.6 is 11.3 Å². The molecule has 1 saturated heterocycles. The molecule has 2 atom stereocenters. The summed E-state index contributed by atoms with van der Waals surface area (Å²) in [6.07, 6.45) is 0. The molecule has 0 saturated carbocycles. The van der Waals surface area contributed by atoms with E-state index in [-0.39, 0.29) is 4.87 Å². The molecular formula is C17H23N3OS. The van der Waals surface area contributed by atoms with Crippen LogP contribution in [0.1, 0.15) is 17.2 Å². The molecule has 1 aromatic carbocycles. The van der Waals surface area contributed by atoms with Gasteiger partial charge in [-0.15, -0.1) is 0 Å². The van der Waals surface area contributed by atoms with Gasteiger partial charge in [-0.05, 0) is 24.9 Å². The summed E-state index contributed by atoms with van der Waals surface area (Å²) in [5.41, 5.74) is 8.42. The molecule has 1 aliphatic rings. The fourth-order valence-corrected chi connectivity index (χ4v) is 4.14. The molecule has 4 nitrogen and oxygen atoms in total. The molecular weight excluding hydrogens is 294 g/mol. The van der Waals surface area contributed by atoms with Crippen molar-refractivity contribution in [3.05, 3.63) is 56.6 Å². The standard InChI is InChI=1S/C17H23N3OS/c1-13-12-22-17(21)20(13)8-7-19-10-15(9-18)16(11-19)14-5-3-2-4-6-14/h2-6,12,15-16H,7-11,18H2,1H3/t15-,16+/m1/s1. The van der Waals surface area contributed by atoms with E-state index in [1.54, 1.807) is 0 Å². The van der Waals surface area contributed by atoms with E-state index in [0.717, 1.165) is 31.9 Å². The fraction of sp³-hybridized carbons (Fsp3) is 0.471. The van der Waals surface area contributed by atoms with Crippen molar-refractivity contribution in [2.75, 3.05) is 26.2 Å². The third kappa shape index (κ3) is 3.16. The van der Waals surface area contributed by atoms with Gasteiger partial charge in [0.1, 0.15) is 0 Å². The fourth-order valence-electron chi connectivity index (χ4n) is 3.38. The van der Waals surface area contributed by atoms with E-state index in [0.29, 0.717) is 18.4 Å². The van der Waals surface area contributed by atoms with Crippen molar-refractivity contribution >= 4 is 11.3 Å². The Labute approximate surface area is 135 Å². The second-order valence-electron chi connectivity index (χ2n) is 6.07. The number of aromatic nitrogens is 1. The van der Waals surface area contributed by atoms with Crippen LogP contribution in [0, 0.1) is 12.8 Å². The van der Waals surface area contributed by atoms with Crippen LogP contribution in [0.2, 0.25) is 0 Å². The first-order chi connectivity index (χ1) is 10.7. The lowest BCUT2D eigenvalue weighted by molar-refractivity contribution is 0.308. The third-order valence-corrected chi connectivity index (χ3v) is 5.54. The summed E-state index contributed by atoms with van der Waals surface area (Å²) in [6.45, 7) is 6.45. The highest BCUT2D eigenvalue weighted by Gasteiger charge is 2.32. The zero-order valence-corrected chi connectivity index (χ0v) is 13.8. The van der Waals surface area contributed by atoms with E-state index in [1.807, 2.05) is 16.9 Å². The minimum atomic E-state index is 0.145. The summed E-state index contributed by atoms with van der Waals surface area (Å²) < 4.78 is 1.87. The molecule has 0 amide bonds. The van der Waals surface area contributed by atoms with Crippen molar-refractivity contribution < 1.29 is 0 Å². The Morgan fingerprint density at radius 1 is 1.23 bits per heavy atom. The molecule has 3 rings (SSSR count). The number of hydrogen-bond donors (Lipinski definition) is 1. The molecule has 0 radical (unpaired) electrons. The molecule has 118 valence electrons. The number of rotatable bonds is 5. The number of nitrogens with zero attached hydrogens (tertiary/aromatic N) is 2. The highest BCUT2D eigenvalue weighted by Crippen LogP contribution is 2.31. The van der Waals surface area contributed by atoms with E-state index >= 15 is 0 Å². The molecule has 0 bridgehead atoms. The van der Waals surface area contributed by atoms with Crippen LogP contribution in [-0.2, 0) is 6.54 Å². The second kappa shape index (κ2) is 6.77. The number of nitrogens with two attached hydrogens (primary N) is 1. The van der Waals surface area contributed by atoms with E-state index in [1.165, 1.54) is 16.9 Å². The van der Waals surface area contributed by atoms with Crippen molar-refractivity contribution in [1.29, 1.82) is 0 Å². The maximum absolute atomic E-state index is 11.8. The lowest BCUT2D eigenvalue weighted by Crippen LogP contribution is -2.29. The predicted octanol–water partition coefficient (Wildman–Crippen LogP) is 1.89. The highest BCUT2D eigenvalue weighted by molar-refractivity contribution is 7.07. The molecule has 0 aliphatic carbocycles. The van der Waals surface area contributed by atoms with Gasteiger partial charge in [-0.1, -0.05) is 41.7 Å². The van der Waals surface area contributed by atoms with Crippen LogP contribution < -0.4 is 10.6 Å². The third-order valence-electron chi connectivity index (χ3n) is 4.66. The van der Waals surface area contributed by atoms with Crippen molar-refractivity contribution in [1.82, 2.24) is 9.47 Å². The molecule has 1 aromatic heterocycles. The molecule has 1 fully saturated rings. The van der Waals surface area contributed by atoms with Crippen LogP contribution in [0.15, 0.2) is 40.5 Å². The summed E-state index contributed by atoms with van der Waals surface area (Å²) in [5.74, 6) is 1.01. The van der Waals surface area contributed by atoms with Gasteiger partial charge in [-0.25, -0.2) is 0 Å². The Kier molecular flexibility index (Phi) is 4.76. The first kappa shape index (κ1) is 15.5. The average Bonchev–Trinajstić information content (AvgIpc) is 3.10. The second-order valence-corrected chi connectivity index (χ2v) is 6.89. The van der Waals surface area contributed by atoms with Gasteiger partial charge < -0.3 is 15.2 Å². The highest BCUT2D eigenvalue weighted by atomic mass is 32.1. The number of benzene rings is 1. The Morgan fingerprint density at radius 2 is 2.00 bits per heavy atom. The van der Waals surface area contributed by atoms with E-state index in [2.05, 4.69) is 35.2 Å². The Hall–Kier alpha value is -1.43. The van der Waals surface area contributed by atoms with Crippen LogP contribution in [0.25, 0.3) is 0 Å². The Morgan fingerprint density at radius 3 is 2.64 bits per heavy atom. The summed E-state index contributed by atoms with van der Waals surface area (Å²) >= 11 is 1.28. The van der Waals surface area contributed by atoms with Gasteiger partial charge in [-0.3, -0.25) is 4.79 Å². The minimum Gasteiger partial charge on any atom is -0.330 e. The van der Waals surface area contributed by atoms with E-state index in [4.69, 9.17) is 5.73 Å². The summed E-state index contributed by atoms with van der Waals surface area (Å²) in [4.78, 5) is 14.4. The van der Waals surface area contributed by atoms with Crippen LogP contribution in [0.4, 0.5) is 0 Å². The van der Waals surface area contributed by atoms with Gasteiger partial charge in [0.15, 0.2) is 0 Å². The minimum absolute atomic E-state index is 0.145. The lowest BCUT2D eigenvalue weighted by Gasteiger charge is -2.17. The summed E-state index contributed by atoms with van der Waals surface area (Å²) in [5, 5.41) is 1.93. The normalized spacial score (nSPS) is 22.3. The largest absolute Gasteiger partial charge is 0.330 e. The first-order valence-electron chi connectivity index (χ1n) is 7.81. The van der Waals surface area contributed by atoms with Crippen molar-refractivity contribution in [2.24, 2.45) is 11.7 Å². The van der Waals surface area contributed by atoms with Crippen molar-refractivity contribution in [3.8, 4) is 0 Å². The maximum Gasteiger partial charge on any atom is 0.307 e. The quantitative estimate of drug-likeness (QED) is 0.916. The van der Waals surface area contributed by atoms with Gasteiger partial charge in [0, 0.05) is 43.2 Å². The van der Waals surface area contributed by atoms with E-state index in [9.17, 15) is 4.79 Å². The molecule has 0 unspecified atom stereocenters. The van der Waals surface area contributed by atoms with Gasteiger partial charge in [0.25, 0.3) is 0 Å². The first-order valence-corrected chi connectivity index (χ1v) is 8.69. The molecule has 5 heteroatoms. The molecule has 2 N–H and O–H groups in total. The maximum atomic E-state index is 11.8. The summed E-state index contributed by atoms with van der Waals surface area (Å²) in [7, 11) is 0. The van der Waals surface area contributed by atoms with Gasteiger partial charge in [0.05, 0.1) is 0 Å². The predicted molar refractivity (Wildman–Crippen MR) is 91.5 cm³/mol. The van der Waals surface area contributed by atoms with Crippen LogP contribution in [-0.4, -0.2) is 35.6 Å². The number of likely N-dealkylation sites (tertiary alicyclic amines) is 1. The molecule has 22 heavy (non-hydrogen) atoms. The van der Waals surface area contributed by atoms with Crippen LogP contribution in [0.3, 0.4) is 0 Å². The van der Waals surface area contributed by atoms with Crippen LogP contribution in [0.5, 0.6) is 0 Å². The Balaban J connectivity index is 1.66. The number of hydrogen-bond acceptors (Lipinski definition) is 4. The van der Waals surface area contributed by atoms with Gasteiger partial charge >= 0.3 is 4.87 Å². The van der Waals surface area contributed by atoms with Crippen molar-refractivity contribution in [2.45, 2.75) is 19.4 Å².